The molecule has 0 aliphatic carbocycles. The highest BCUT2D eigenvalue weighted by molar-refractivity contribution is 5.99. The topological polar surface area (TPSA) is 92.5 Å². The van der Waals surface area contributed by atoms with E-state index in [0.29, 0.717) is 17.8 Å². The average Bonchev–Trinajstić information content (AvgIpc) is 2.52. The van der Waals surface area contributed by atoms with E-state index in [1.165, 1.54) is 6.20 Å². The molecular formula is C13H21N5O2. The van der Waals surface area contributed by atoms with Gasteiger partial charge in [-0.05, 0) is 19.0 Å². The molecule has 1 aliphatic rings. The number of aromatic nitrogens is 1. The third-order valence-corrected chi connectivity index (χ3v) is 3.26. The van der Waals surface area contributed by atoms with Crippen LogP contribution in [0.4, 0.5) is 5.69 Å². The summed E-state index contributed by atoms with van der Waals surface area (Å²) in [5.41, 5.74) is 3.51. The number of nitrogens with zero attached hydrogens (tertiary/aromatic N) is 2. The summed E-state index contributed by atoms with van der Waals surface area (Å²) in [5.74, 6) is 5.22. The summed E-state index contributed by atoms with van der Waals surface area (Å²) >= 11 is 0. The van der Waals surface area contributed by atoms with Gasteiger partial charge in [0.15, 0.2) is 0 Å². The normalized spacial score (nSPS) is 15.8. The smallest absolute Gasteiger partial charge is 0.253 e. The second-order valence-electron chi connectivity index (χ2n) is 4.63. The second kappa shape index (κ2) is 7.78. The third kappa shape index (κ3) is 4.16. The lowest BCUT2D eigenvalue weighted by Crippen LogP contribution is -2.38. The zero-order valence-electron chi connectivity index (χ0n) is 11.5. The predicted molar refractivity (Wildman–Crippen MR) is 76.3 cm³/mol. The van der Waals surface area contributed by atoms with Crippen LogP contribution >= 0.6 is 0 Å². The van der Waals surface area contributed by atoms with Gasteiger partial charge in [-0.3, -0.25) is 20.5 Å². The first-order valence-corrected chi connectivity index (χ1v) is 6.80. The average molecular weight is 279 g/mol. The van der Waals surface area contributed by atoms with E-state index < -0.39 is 0 Å². The quantitative estimate of drug-likeness (QED) is 0.380. The van der Waals surface area contributed by atoms with Crippen molar-refractivity contribution in [1.82, 2.24) is 15.2 Å². The van der Waals surface area contributed by atoms with E-state index in [2.05, 4.69) is 20.6 Å². The van der Waals surface area contributed by atoms with Crippen LogP contribution in [0.3, 0.4) is 0 Å². The Hall–Kier alpha value is -1.70. The van der Waals surface area contributed by atoms with Gasteiger partial charge in [0.1, 0.15) is 0 Å². The molecule has 0 radical (unpaired) electrons. The number of amides is 1. The van der Waals surface area contributed by atoms with Crippen LogP contribution in [0, 0.1) is 0 Å². The number of carbonyl (C=O) groups excluding carboxylic acids is 1. The van der Waals surface area contributed by atoms with Crippen molar-refractivity contribution in [3.63, 3.8) is 0 Å². The molecule has 7 heteroatoms. The van der Waals surface area contributed by atoms with Gasteiger partial charge in [0.05, 0.1) is 30.7 Å². The van der Waals surface area contributed by atoms with Gasteiger partial charge in [-0.25, -0.2) is 0 Å². The fourth-order valence-corrected chi connectivity index (χ4v) is 2.13. The maximum atomic E-state index is 12.0. The summed E-state index contributed by atoms with van der Waals surface area (Å²) in [4.78, 5) is 18.3. The van der Waals surface area contributed by atoms with Crippen LogP contribution < -0.4 is 16.6 Å². The minimum Gasteiger partial charge on any atom is -0.379 e. The number of nitrogens with two attached hydrogens (primary N) is 1. The lowest BCUT2D eigenvalue weighted by Gasteiger charge is -2.26. The van der Waals surface area contributed by atoms with Crippen molar-refractivity contribution in [2.24, 2.45) is 5.84 Å². The summed E-state index contributed by atoms with van der Waals surface area (Å²) in [6.07, 6.45) is 4.02. The van der Waals surface area contributed by atoms with Crippen LogP contribution in [0.5, 0.6) is 0 Å². The SMILES string of the molecule is NNc1cnccc1C(=O)NCCCN1CCOCC1. The molecule has 4 N–H and O–H groups in total. The molecule has 1 fully saturated rings. The lowest BCUT2D eigenvalue weighted by atomic mass is 10.2. The number of hydrogen-bond acceptors (Lipinski definition) is 6. The number of hydrogen-bond donors (Lipinski definition) is 3. The van der Waals surface area contributed by atoms with E-state index in [1.54, 1.807) is 12.3 Å². The number of anilines is 1. The first-order chi connectivity index (χ1) is 9.81. The zero-order chi connectivity index (χ0) is 14.2. The van der Waals surface area contributed by atoms with Gasteiger partial charge in [0, 0.05) is 25.8 Å². The van der Waals surface area contributed by atoms with Crippen molar-refractivity contribution in [1.29, 1.82) is 0 Å². The van der Waals surface area contributed by atoms with Gasteiger partial charge >= 0.3 is 0 Å². The number of carbonyl (C=O) groups is 1. The molecule has 2 heterocycles. The largest absolute Gasteiger partial charge is 0.379 e. The number of hydrazine groups is 1. The van der Waals surface area contributed by atoms with Crippen molar-refractivity contribution < 1.29 is 9.53 Å². The van der Waals surface area contributed by atoms with Crippen LogP contribution in [-0.4, -0.2) is 55.2 Å². The maximum Gasteiger partial charge on any atom is 0.253 e. The molecule has 2 rings (SSSR count). The van der Waals surface area contributed by atoms with Gasteiger partial charge in [0.25, 0.3) is 5.91 Å². The van der Waals surface area contributed by atoms with Gasteiger partial charge in [0.2, 0.25) is 0 Å². The molecule has 0 unspecified atom stereocenters. The number of rotatable bonds is 6. The van der Waals surface area contributed by atoms with Gasteiger partial charge in [-0.2, -0.15) is 0 Å². The second-order valence-corrected chi connectivity index (χ2v) is 4.63. The summed E-state index contributed by atoms with van der Waals surface area (Å²) < 4.78 is 5.29. The van der Waals surface area contributed by atoms with Crippen LogP contribution in [0.15, 0.2) is 18.5 Å². The fourth-order valence-electron chi connectivity index (χ4n) is 2.13. The van der Waals surface area contributed by atoms with E-state index >= 15 is 0 Å². The minimum atomic E-state index is -0.137. The molecular weight excluding hydrogens is 258 g/mol. The van der Waals surface area contributed by atoms with Crippen molar-refractivity contribution in [3.05, 3.63) is 24.0 Å². The molecule has 0 saturated carbocycles. The monoisotopic (exact) mass is 279 g/mol. The van der Waals surface area contributed by atoms with Crippen LogP contribution in [-0.2, 0) is 4.74 Å². The number of morpholine rings is 1. The molecule has 1 saturated heterocycles. The zero-order valence-corrected chi connectivity index (χ0v) is 11.5. The standard InChI is InChI=1S/C13H21N5O2/c14-17-12-10-15-4-2-11(12)13(19)16-3-1-5-18-6-8-20-9-7-18/h2,4,10,17H,1,3,5-9,14H2,(H,16,19). The first-order valence-electron chi connectivity index (χ1n) is 6.80. The maximum absolute atomic E-state index is 12.0. The van der Waals surface area contributed by atoms with Crippen LogP contribution in [0.1, 0.15) is 16.8 Å². The van der Waals surface area contributed by atoms with Crippen molar-refractivity contribution >= 4 is 11.6 Å². The summed E-state index contributed by atoms with van der Waals surface area (Å²) in [6, 6.07) is 1.65. The predicted octanol–water partition coefficient (Wildman–Crippen LogP) is -0.181. The molecule has 0 atom stereocenters. The Morgan fingerprint density at radius 3 is 3.00 bits per heavy atom. The Bertz CT molecular complexity index is 435. The fraction of sp³-hybridized carbons (Fsp3) is 0.538. The van der Waals surface area contributed by atoms with Crippen LogP contribution in [0.2, 0.25) is 0 Å². The molecule has 0 bridgehead atoms. The molecule has 0 aromatic carbocycles. The molecule has 110 valence electrons. The van der Waals surface area contributed by atoms with Crippen LogP contribution in [0.25, 0.3) is 0 Å². The lowest BCUT2D eigenvalue weighted by molar-refractivity contribution is 0.0374. The van der Waals surface area contributed by atoms with Crippen molar-refractivity contribution in [2.45, 2.75) is 6.42 Å². The van der Waals surface area contributed by atoms with Crippen molar-refractivity contribution in [2.75, 3.05) is 44.8 Å². The number of ether oxygens (including phenoxy) is 1. The Morgan fingerprint density at radius 2 is 2.25 bits per heavy atom. The molecule has 1 amide bonds. The van der Waals surface area contributed by atoms with E-state index in [0.717, 1.165) is 39.3 Å². The number of nitrogen functional groups attached to an aromatic ring is 1. The molecule has 7 nitrogen and oxygen atoms in total. The highest BCUT2D eigenvalue weighted by Gasteiger charge is 2.11. The van der Waals surface area contributed by atoms with E-state index in [-0.39, 0.29) is 5.91 Å². The van der Waals surface area contributed by atoms with Gasteiger partial charge in [-0.15, -0.1) is 0 Å². The Balaban J connectivity index is 1.72. The van der Waals surface area contributed by atoms with E-state index in [4.69, 9.17) is 10.6 Å². The highest BCUT2D eigenvalue weighted by Crippen LogP contribution is 2.11. The number of pyridine rings is 1. The van der Waals surface area contributed by atoms with Crippen molar-refractivity contribution in [3.8, 4) is 0 Å². The van der Waals surface area contributed by atoms with E-state index in [9.17, 15) is 4.79 Å². The Morgan fingerprint density at radius 1 is 1.45 bits per heavy atom. The molecule has 20 heavy (non-hydrogen) atoms. The summed E-state index contributed by atoms with van der Waals surface area (Å²) in [7, 11) is 0. The van der Waals surface area contributed by atoms with Gasteiger partial charge in [-0.1, -0.05) is 0 Å². The Kier molecular flexibility index (Phi) is 5.72. The first kappa shape index (κ1) is 14.7. The Labute approximate surface area is 118 Å². The molecule has 1 aliphatic heterocycles. The van der Waals surface area contributed by atoms with Gasteiger partial charge < -0.3 is 15.5 Å². The summed E-state index contributed by atoms with van der Waals surface area (Å²) in [5, 5.41) is 2.89. The molecule has 1 aromatic heterocycles. The third-order valence-electron chi connectivity index (χ3n) is 3.26. The molecule has 1 aromatic rings. The minimum absolute atomic E-state index is 0.137. The summed E-state index contributed by atoms with van der Waals surface area (Å²) in [6.45, 7) is 5.16. The van der Waals surface area contributed by atoms with E-state index in [1.807, 2.05) is 0 Å². The number of nitrogens with one attached hydrogen (secondary N) is 2. The highest BCUT2D eigenvalue weighted by atomic mass is 16.5. The molecule has 0 spiro atoms.